The maximum absolute atomic E-state index is 11.7. The van der Waals surface area contributed by atoms with Gasteiger partial charge >= 0.3 is 0 Å². The van der Waals surface area contributed by atoms with Crippen molar-refractivity contribution in [1.29, 1.82) is 0 Å². The van der Waals surface area contributed by atoms with E-state index in [0.29, 0.717) is 30.0 Å². The third kappa shape index (κ3) is 1.35. The van der Waals surface area contributed by atoms with Gasteiger partial charge in [-0.15, -0.1) is 0 Å². The molecule has 4 nitrogen and oxygen atoms in total. The van der Waals surface area contributed by atoms with Crippen molar-refractivity contribution in [3.63, 3.8) is 0 Å². The van der Waals surface area contributed by atoms with Crippen molar-refractivity contribution >= 4 is 5.69 Å². The van der Waals surface area contributed by atoms with E-state index in [0.717, 1.165) is 18.7 Å². The quantitative estimate of drug-likeness (QED) is 0.796. The van der Waals surface area contributed by atoms with Crippen LogP contribution < -0.4 is 9.64 Å². The minimum atomic E-state index is -0.256. The van der Waals surface area contributed by atoms with Gasteiger partial charge in [0.05, 0.1) is 24.9 Å². The number of nitrogens with zero attached hydrogens (tertiary/aromatic N) is 2. The molecule has 6 aliphatic rings. The number of hydrogen-bond acceptors (Lipinski definition) is 4. The van der Waals surface area contributed by atoms with Gasteiger partial charge in [0.2, 0.25) is 0 Å². The number of hydrogen-bond donors (Lipinski definition) is 1. The molecule has 1 saturated carbocycles. The Morgan fingerprint density at radius 1 is 1.32 bits per heavy atom. The van der Waals surface area contributed by atoms with Crippen LogP contribution in [0.4, 0.5) is 5.69 Å². The van der Waals surface area contributed by atoms with Crippen molar-refractivity contribution in [1.82, 2.24) is 4.90 Å². The van der Waals surface area contributed by atoms with E-state index >= 15 is 0 Å². The molecule has 5 aliphatic heterocycles. The molecule has 4 heteroatoms. The van der Waals surface area contributed by atoms with Crippen LogP contribution in [0.3, 0.4) is 0 Å². The highest BCUT2D eigenvalue weighted by atomic mass is 16.5. The lowest BCUT2D eigenvalue weighted by atomic mass is 9.65. The van der Waals surface area contributed by atoms with Gasteiger partial charge in [-0.1, -0.05) is 23.8 Å². The van der Waals surface area contributed by atoms with Crippen molar-refractivity contribution in [2.45, 2.75) is 49.4 Å². The number of rotatable bonds is 1. The van der Waals surface area contributed by atoms with Gasteiger partial charge in [0.15, 0.2) is 0 Å². The van der Waals surface area contributed by atoms with E-state index in [1.807, 2.05) is 0 Å². The molecule has 1 aliphatic carbocycles. The van der Waals surface area contributed by atoms with Gasteiger partial charge in [-0.3, -0.25) is 4.90 Å². The molecule has 1 N–H and O–H groups in total. The summed E-state index contributed by atoms with van der Waals surface area (Å²) in [6, 6.07) is 7.86. The van der Waals surface area contributed by atoms with Gasteiger partial charge in [0.1, 0.15) is 5.75 Å². The Hall–Kier alpha value is -1.52. The summed E-state index contributed by atoms with van der Waals surface area (Å²) in [4.78, 5) is 5.17. The molecular weight excluding hydrogens is 312 g/mol. The summed E-state index contributed by atoms with van der Waals surface area (Å²) < 4.78 is 5.70. The summed E-state index contributed by atoms with van der Waals surface area (Å²) in [5, 5.41) is 11.7. The van der Waals surface area contributed by atoms with Gasteiger partial charge in [-0.2, -0.15) is 0 Å². The lowest BCUT2D eigenvalue weighted by molar-refractivity contribution is -0.0345. The number of aliphatic hydroxyl groups excluding tert-OH is 1. The molecule has 1 spiro atoms. The SMILES string of the molecule is CC=C1CN2C3CC45c6cccc(OC)c6N(C)C4C2CC1C3C5O. The fraction of sp³-hybridized carbons (Fsp3) is 0.619. The van der Waals surface area contributed by atoms with Gasteiger partial charge in [-0.05, 0) is 37.3 Å². The molecule has 1 aromatic rings. The van der Waals surface area contributed by atoms with Crippen LogP contribution in [-0.4, -0.2) is 54.9 Å². The molecule has 25 heavy (non-hydrogen) atoms. The lowest BCUT2D eigenvalue weighted by Crippen LogP contribution is -2.68. The Labute approximate surface area is 149 Å². The van der Waals surface area contributed by atoms with Crippen molar-refractivity contribution in [2.24, 2.45) is 11.8 Å². The summed E-state index contributed by atoms with van der Waals surface area (Å²) in [6.07, 6.45) is 4.35. The Bertz CT molecular complexity index is 805. The summed E-state index contributed by atoms with van der Waals surface area (Å²) in [5.74, 6) is 1.92. The standard InChI is InChI=1S/C21H26N2O2/c1-4-11-10-23-14-8-12(11)17-15(23)9-21(20(17)24)13-6-5-7-16(25-3)18(13)22(2)19(14)21/h4-7,12,14-15,17,19-20,24H,8-10H2,1-3H3. The molecule has 132 valence electrons. The Morgan fingerprint density at radius 3 is 2.92 bits per heavy atom. The number of methoxy groups -OCH3 is 1. The summed E-state index contributed by atoms with van der Waals surface area (Å²) >= 11 is 0. The zero-order valence-electron chi connectivity index (χ0n) is 15.1. The Balaban J connectivity index is 1.61. The number of ether oxygens (including phenoxy) is 1. The minimum Gasteiger partial charge on any atom is -0.495 e. The van der Waals surface area contributed by atoms with E-state index in [4.69, 9.17) is 4.74 Å². The van der Waals surface area contributed by atoms with E-state index in [2.05, 4.69) is 48.0 Å². The number of para-hydroxylation sites is 1. The maximum atomic E-state index is 11.7. The number of allylic oxidation sites excluding steroid dienone is 1. The predicted octanol–water partition coefficient (Wildman–Crippen LogP) is 2.16. The normalized spacial score (nSPS) is 49.7. The lowest BCUT2D eigenvalue weighted by Gasteiger charge is -2.58. The zero-order valence-corrected chi connectivity index (χ0v) is 15.1. The highest BCUT2D eigenvalue weighted by Crippen LogP contribution is 2.68. The monoisotopic (exact) mass is 338 g/mol. The molecule has 4 saturated heterocycles. The molecular formula is C21H26N2O2. The zero-order chi connectivity index (χ0) is 17.1. The topological polar surface area (TPSA) is 35.9 Å². The molecule has 7 rings (SSSR count). The predicted molar refractivity (Wildman–Crippen MR) is 97.1 cm³/mol. The molecule has 0 radical (unpaired) electrons. The van der Waals surface area contributed by atoms with Gasteiger partial charge in [0, 0.05) is 37.0 Å². The van der Waals surface area contributed by atoms with E-state index < -0.39 is 0 Å². The molecule has 8 atom stereocenters. The van der Waals surface area contributed by atoms with Crippen LogP contribution in [0.15, 0.2) is 29.8 Å². The Morgan fingerprint density at radius 2 is 2.16 bits per heavy atom. The van der Waals surface area contributed by atoms with E-state index in [1.54, 1.807) is 12.7 Å². The first-order valence-electron chi connectivity index (χ1n) is 9.62. The number of benzene rings is 1. The van der Waals surface area contributed by atoms with Crippen molar-refractivity contribution in [3.8, 4) is 5.75 Å². The fourth-order valence-corrected chi connectivity index (χ4v) is 7.60. The second-order valence-corrected chi connectivity index (χ2v) is 8.69. The van der Waals surface area contributed by atoms with Crippen molar-refractivity contribution < 1.29 is 9.84 Å². The summed E-state index contributed by atoms with van der Waals surface area (Å²) in [5.41, 5.74) is 3.98. The molecule has 5 bridgehead atoms. The third-order valence-electron chi connectivity index (χ3n) is 8.29. The number of aliphatic hydroxyl groups is 1. The number of fused-ring (bicyclic) bond motifs is 2. The van der Waals surface area contributed by atoms with Crippen LogP contribution in [0.5, 0.6) is 5.75 Å². The number of anilines is 1. The highest BCUT2D eigenvalue weighted by molar-refractivity contribution is 5.74. The molecule has 5 fully saturated rings. The summed E-state index contributed by atoms with van der Waals surface area (Å²) in [7, 11) is 3.97. The van der Waals surface area contributed by atoms with Crippen LogP contribution in [-0.2, 0) is 5.41 Å². The smallest absolute Gasteiger partial charge is 0.142 e. The van der Waals surface area contributed by atoms with Crippen LogP contribution in [0, 0.1) is 11.8 Å². The Kier molecular flexibility index (Phi) is 2.58. The van der Waals surface area contributed by atoms with Crippen LogP contribution in [0.25, 0.3) is 0 Å². The largest absolute Gasteiger partial charge is 0.495 e. The van der Waals surface area contributed by atoms with Crippen LogP contribution in [0.1, 0.15) is 25.3 Å². The molecule has 8 unspecified atom stereocenters. The van der Waals surface area contributed by atoms with Crippen LogP contribution in [0.2, 0.25) is 0 Å². The fourth-order valence-electron chi connectivity index (χ4n) is 7.60. The molecule has 5 heterocycles. The first-order valence-corrected chi connectivity index (χ1v) is 9.62. The second kappa shape index (κ2) is 4.41. The highest BCUT2D eigenvalue weighted by Gasteiger charge is 2.74. The van der Waals surface area contributed by atoms with Crippen molar-refractivity contribution in [2.75, 3.05) is 25.6 Å². The van der Waals surface area contributed by atoms with Gasteiger partial charge in [-0.25, -0.2) is 0 Å². The van der Waals surface area contributed by atoms with Crippen molar-refractivity contribution in [3.05, 3.63) is 35.4 Å². The number of piperidine rings is 4. The van der Waals surface area contributed by atoms with Crippen LogP contribution >= 0.6 is 0 Å². The third-order valence-corrected chi connectivity index (χ3v) is 8.29. The average Bonchev–Trinajstić information content (AvgIpc) is 3.04. The first kappa shape index (κ1) is 14.6. The first-order chi connectivity index (χ1) is 12.1. The van der Waals surface area contributed by atoms with E-state index in [-0.39, 0.29) is 11.5 Å². The average molecular weight is 338 g/mol. The van der Waals surface area contributed by atoms with E-state index in [9.17, 15) is 5.11 Å². The minimum absolute atomic E-state index is 0.118. The van der Waals surface area contributed by atoms with E-state index in [1.165, 1.54) is 17.7 Å². The maximum Gasteiger partial charge on any atom is 0.142 e. The summed E-state index contributed by atoms with van der Waals surface area (Å²) in [6.45, 7) is 3.27. The van der Waals surface area contributed by atoms with Gasteiger partial charge in [0.25, 0.3) is 0 Å². The molecule has 0 aromatic heterocycles. The molecule has 0 amide bonds. The number of likely N-dealkylation sites (N-methyl/N-ethyl adjacent to an activating group) is 1. The van der Waals surface area contributed by atoms with Gasteiger partial charge < -0.3 is 14.7 Å². The second-order valence-electron chi connectivity index (χ2n) is 8.69. The molecule has 1 aromatic carbocycles.